The summed E-state index contributed by atoms with van der Waals surface area (Å²) in [5, 5.41) is 2.94. The Labute approximate surface area is 135 Å². The topological polar surface area (TPSA) is 45.2 Å². The van der Waals surface area contributed by atoms with Gasteiger partial charge in [-0.2, -0.15) is 0 Å². The van der Waals surface area contributed by atoms with E-state index in [0.29, 0.717) is 12.2 Å². The van der Waals surface area contributed by atoms with Crippen molar-refractivity contribution in [1.29, 1.82) is 0 Å². The normalized spacial score (nSPS) is 10.1. The second kappa shape index (κ2) is 7.22. The predicted octanol–water partition coefficient (Wildman–Crippen LogP) is 3.61. The molecule has 1 amide bonds. The lowest BCUT2D eigenvalue weighted by molar-refractivity contribution is 0.0954. The second-order valence-corrected chi connectivity index (χ2v) is 5.00. The molecule has 0 aliphatic rings. The molecule has 1 heterocycles. The van der Waals surface area contributed by atoms with Gasteiger partial charge in [-0.1, -0.05) is 36.4 Å². The van der Waals surface area contributed by atoms with Crippen molar-refractivity contribution in [3.05, 3.63) is 90.8 Å². The third-order valence-electron chi connectivity index (χ3n) is 3.46. The molecule has 4 nitrogen and oxygen atoms in total. The highest BCUT2D eigenvalue weighted by atomic mass is 16.1. The van der Waals surface area contributed by atoms with E-state index in [0.717, 1.165) is 11.4 Å². The maximum absolute atomic E-state index is 12.2. The van der Waals surface area contributed by atoms with Crippen LogP contribution in [0.4, 0.5) is 11.4 Å². The smallest absolute Gasteiger partial charge is 0.254 e. The first-order chi connectivity index (χ1) is 11.3. The van der Waals surface area contributed by atoms with E-state index in [2.05, 4.69) is 10.3 Å². The number of para-hydroxylation sites is 2. The SMILES string of the molecule is O=C(NCN(c1ccccc1)c1ccccc1)c1cccnc1. The molecule has 0 saturated heterocycles. The first-order valence-electron chi connectivity index (χ1n) is 7.40. The van der Waals surface area contributed by atoms with Crippen LogP contribution in [0.5, 0.6) is 0 Å². The van der Waals surface area contributed by atoms with Gasteiger partial charge in [0.2, 0.25) is 0 Å². The minimum absolute atomic E-state index is 0.144. The van der Waals surface area contributed by atoms with E-state index in [-0.39, 0.29) is 5.91 Å². The van der Waals surface area contributed by atoms with Crippen LogP contribution < -0.4 is 10.2 Å². The van der Waals surface area contributed by atoms with E-state index in [9.17, 15) is 4.79 Å². The fourth-order valence-electron chi connectivity index (χ4n) is 2.30. The number of nitrogens with one attached hydrogen (secondary N) is 1. The van der Waals surface area contributed by atoms with Crippen molar-refractivity contribution in [2.45, 2.75) is 0 Å². The lowest BCUT2D eigenvalue weighted by Gasteiger charge is -2.25. The second-order valence-electron chi connectivity index (χ2n) is 5.00. The summed E-state index contributed by atoms with van der Waals surface area (Å²) in [4.78, 5) is 18.3. The van der Waals surface area contributed by atoms with Crippen LogP contribution in [0.25, 0.3) is 0 Å². The number of aromatic nitrogens is 1. The van der Waals surface area contributed by atoms with Gasteiger partial charge in [0.05, 0.1) is 12.2 Å². The highest BCUT2D eigenvalue weighted by Crippen LogP contribution is 2.23. The molecule has 0 unspecified atom stereocenters. The Balaban J connectivity index is 1.79. The molecule has 0 spiro atoms. The summed E-state index contributed by atoms with van der Waals surface area (Å²) in [6.45, 7) is 0.377. The number of rotatable bonds is 5. The molecular formula is C19H17N3O. The molecular weight excluding hydrogens is 286 g/mol. The van der Waals surface area contributed by atoms with Crippen LogP contribution in [0.3, 0.4) is 0 Å². The van der Waals surface area contributed by atoms with E-state index in [4.69, 9.17) is 0 Å². The average molecular weight is 303 g/mol. The summed E-state index contributed by atoms with van der Waals surface area (Å²) >= 11 is 0. The van der Waals surface area contributed by atoms with Gasteiger partial charge in [-0.05, 0) is 36.4 Å². The van der Waals surface area contributed by atoms with Gasteiger partial charge in [-0.3, -0.25) is 9.78 Å². The van der Waals surface area contributed by atoms with E-state index in [1.54, 1.807) is 24.5 Å². The van der Waals surface area contributed by atoms with Crippen molar-refractivity contribution >= 4 is 17.3 Å². The van der Waals surface area contributed by atoms with E-state index >= 15 is 0 Å². The first-order valence-corrected chi connectivity index (χ1v) is 7.40. The van der Waals surface area contributed by atoms with Crippen molar-refractivity contribution in [2.75, 3.05) is 11.6 Å². The fourth-order valence-corrected chi connectivity index (χ4v) is 2.30. The van der Waals surface area contributed by atoms with E-state index in [1.165, 1.54) is 0 Å². The van der Waals surface area contributed by atoms with Crippen LogP contribution in [0, 0.1) is 0 Å². The number of carbonyl (C=O) groups excluding carboxylic acids is 1. The van der Waals surface area contributed by atoms with Crippen molar-refractivity contribution in [3.8, 4) is 0 Å². The number of benzene rings is 2. The number of carbonyl (C=O) groups is 1. The number of hydrogen-bond acceptors (Lipinski definition) is 3. The molecule has 114 valence electrons. The van der Waals surface area contributed by atoms with Gasteiger partial charge in [0.25, 0.3) is 5.91 Å². The van der Waals surface area contributed by atoms with Crippen molar-refractivity contribution in [3.63, 3.8) is 0 Å². The minimum Gasteiger partial charge on any atom is -0.334 e. The molecule has 0 saturated carbocycles. The quantitative estimate of drug-likeness (QED) is 0.732. The minimum atomic E-state index is -0.144. The molecule has 23 heavy (non-hydrogen) atoms. The van der Waals surface area contributed by atoms with Crippen LogP contribution in [-0.4, -0.2) is 17.6 Å². The van der Waals surface area contributed by atoms with Gasteiger partial charge < -0.3 is 10.2 Å². The van der Waals surface area contributed by atoms with Crippen LogP contribution in [0.1, 0.15) is 10.4 Å². The molecule has 1 aromatic heterocycles. The number of amides is 1. The zero-order chi connectivity index (χ0) is 15.9. The number of hydrogen-bond donors (Lipinski definition) is 1. The summed E-state index contributed by atoms with van der Waals surface area (Å²) in [5.41, 5.74) is 2.59. The molecule has 2 aromatic carbocycles. The zero-order valence-corrected chi connectivity index (χ0v) is 12.6. The Hall–Kier alpha value is -3.14. The van der Waals surface area contributed by atoms with Crippen LogP contribution in [0.2, 0.25) is 0 Å². The average Bonchev–Trinajstić information content (AvgIpc) is 2.64. The Morgan fingerprint density at radius 1 is 0.870 bits per heavy atom. The van der Waals surface area contributed by atoms with Crippen LogP contribution in [-0.2, 0) is 0 Å². The molecule has 0 aliphatic heterocycles. The molecule has 0 radical (unpaired) electrons. The maximum Gasteiger partial charge on any atom is 0.254 e. The van der Waals surface area contributed by atoms with Gasteiger partial charge in [0.15, 0.2) is 0 Å². The Morgan fingerprint density at radius 2 is 1.48 bits per heavy atom. The molecule has 3 rings (SSSR count). The number of pyridine rings is 1. The standard InChI is InChI=1S/C19H17N3O/c23-19(16-8-7-13-20-14-16)21-15-22(17-9-3-1-4-10-17)18-11-5-2-6-12-18/h1-14H,15H2,(H,21,23). The Morgan fingerprint density at radius 3 is 2.00 bits per heavy atom. The highest BCUT2D eigenvalue weighted by molar-refractivity contribution is 5.94. The van der Waals surface area contributed by atoms with Gasteiger partial charge >= 0.3 is 0 Å². The number of anilines is 2. The summed E-state index contributed by atoms with van der Waals surface area (Å²) in [6, 6.07) is 23.4. The predicted molar refractivity (Wildman–Crippen MR) is 91.6 cm³/mol. The summed E-state index contributed by atoms with van der Waals surface area (Å²) in [7, 11) is 0. The monoisotopic (exact) mass is 303 g/mol. The highest BCUT2D eigenvalue weighted by Gasteiger charge is 2.11. The van der Waals surface area contributed by atoms with Crippen molar-refractivity contribution < 1.29 is 4.79 Å². The molecule has 0 aliphatic carbocycles. The van der Waals surface area contributed by atoms with Gasteiger partial charge in [-0.15, -0.1) is 0 Å². The van der Waals surface area contributed by atoms with Crippen molar-refractivity contribution in [1.82, 2.24) is 10.3 Å². The first kappa shape index (κ1) is 14.8. The molecule has 3 aromatic rings. The molecule has 0 bridgehead atoms. The lowest BCUT2D eigenvalue weighted by Crippen LogP contribution is -2.35. The van der Waals surface area contributed by atoms with Gasteiger partial charge in [-0.25, -0.2) is 0 Å². The van der Waals surface area contributed by atoms with Crippen molar-refractivity contribution in [2.24, 2.45) is 0 Å². The van der Waals surface area contributed by atoms with Gasteiger partial charge in [0, 0.05) is 23.8 Å². The molecule has 4 heteroatoms. The third kappa shape index (κ3) is 3.74. The Kier molecular flexibility index (Phi) is 4.64. The Bertz CT molecular complexity index is 706. The van der Waals surface area contributed by atoms with Gasteiger partial charge in [0.1, 0.15) is 0 Å². The fraction of sp³-hybridized carbons (Fsp3) is 0.0526. The summed E-state index contributed by atoms with van der Waals surface area (Å²) in [5.74, 6) is -0.144. The molecule has 0 fully saturated rings. The molecule has 0 atom stereocenters. The van der Waals surface area contributed by atoms with Crippen LogP contribution in [0.15, 0.2) is 85.2 Å². The number of nitrogens with zero attached hydrogens (tertiary/aromatic N) is 2. The summed E-state index contributed by atoms with van der Waals surface area (Å²) < 4.78 is 0. The lowest BCUT2D eigenvalue weighted by atomic mass is 10.2. The van der Waals surface area contributed by atoms with Crippen LogP contribution >= 0.6 is 0 Å². The van der Waals surface area contributed by atoms with E-state index in [1.807, 2.05) is 65.6 Å². The molecule has 1 N–H and O–H groups in total. The maximum atomic E-state index is 12.2. The summed E-state index contributed by atoms with van der Waals surface area (Å²) in [6.07, 6.45) is 3.21. The third-order valence-corrected chi connectivity index (χ3v) is 3.46. The van der Waals surface area contributed by atoms with E-state index < -0.39 is 0 Å². The zero-order valence-electron chi connectivity index (χ0n) is 12.6. The largest absolute Gasteiger partial charge is 0.334 e.